The minimum atomic E-state index is -0.178. The van der Waals surface area contributed by atoms with Gasteiger partial charge in [0.2, 0.25) is 0 Å². The van der Waals surface area contributed by atoms with E-state index >= 15 is 0 Å². The molecule has 1 aromatic heterocycles. The van der Waals surface area contributed by atoms with Gasteiger partial charge in [-0.3, -0.25) is 9.78 Å². The minimum Gasteiger partial charge on any atom is -0.492 e. The van der Waals surface area contributed by atoms with Crippen LogP contribution in [0.5, 0.6) is 5.75 Å². The van der Waals surface area contributed by atoms with Crippen LogP contribution >= 0.6 is 11.6 Å². The molecule has 0 N–H and O–H groups in total. The number of benzene rings is 1. The minimum absolute atomic E-state index is 0.178. The van der Waals surface area contributed by atoms with E-state index in [0.29, 0.717) is 35.4 Å². The highest BCUT2D eigenvalue weighted by atomic mass is 35.5. The lowest BCUT2D eigenvalue weighted by molar-refractivity contribution is 0.0821. The third-order valence-electron chi connectivity index (χ3n) is 3.13. The highest BCUT2D eigenvalue weighted by molar-refractivity contribution is 6.30. The standard InChI is InChI=1S/C16H19ClN4O2/c1-20(2)16(22)14-10-18-11-15(19-14)21(3)7-8-23-13-6-4-5-12(17)9-13/h4-6,9-11H,7-8H2,1-3H3. The number of likely N-dealkylation sites (N-methyl/N-ethyl adjacent to an activating group) is 1. The lowest BCUT2D eigenvalue weighted by Gasteiger charge is -2.19. The first kappa shape index (κ1) is 17.0. The summed E-state index contributed by atoms with van der Waals surface area (Å²) >= 11 is 5.91. The fourth-order valence-electron chi connectivity index (χ4n) is 1.84. The number of aromatic nitrogens is 2. The van der Waals surface area contributed by atoms with Gasteiger partial charge in [0.15, 0.2) is 0 Å². The van der Waals surface area contributed by atoms with Crippen molar-refractivity contribution < 1.29 is 9.53 Å². The van der Waals surface area contributed by atoms with E-state index in [0.717, 1.165) is 0 Å². The molecule has 0 spiro atoms. The van der Waals surface area contributed by atoms with Crippen molar-refractivity contribution >= 4 is 23.3 Å². The Morgan fingerprint density at radius 1 is 1.26 bits per heavy atom. The first-order valence-corrected chi connectivity index (χ1v) is 7.48. The van der Waals surface area contributed by atoms with E-state index in [1.807, 2.05) is 24.1 Å². The van der Waals surface area contributed by atoms with Crippen molar-refractivity contribution in [1.82, 2.24) is 14.9 Å². The number of ether oxygens (including phenoxy) is 1. The predicted molar refractivity (Wildman–Crippen MR) is 90.3 cm³/mol. The van der Waals surface area contributed by atoms with Crippen LogP contribution in [0.3, 0.4) is 0 Å². The summed E-state index contributed by atoms with van der Waals surface area (Å²) in [6.07, 6.45) is 3.08. The zero-order chi connectivity index (χ0) is 16.8. The predicted octanol–water partition coefficient (Wildman–Crippen LogP) is 2.35. The Morgan fingerprint density at radius 2 is 2.04 bits per heavy atom. The normalized spacial score (nSPS) is 10.3. The molecule has 0 atom stereocenters. The number of nitrogens with zero attached hydrogens (tertiary/aromatic N) is 4. The molecule has 23 heavy (non-hydrogen) atoms. The van der Waals surface area contributed by atoms with Gasteiger partial charge in [0.1, 0.15) is 23.9 Å². The van der Waals surface area contributed by atoms with Crippen LogP contribution in [-0.4, -0.2) is 55.1 Å². The molecule has 0 bridgehead atoms. The van der Waals surface area contributed by atoms with Crippen LogP contribution in [0.25, 0.3) is 0 Å². The van der Waals surface area contributed by atoms with Crippen LogP contribution in [0.2, 0.25) is 5.02 Å². The Morgan fingerprint density at radius 3 is 2.74 bits per heavy atom. The summed E-state index contributed by atoms with van der Waals surface area (Å²) < 4.78 is 5.65. The Kier molecular flexibility index (Phi) is 5.76. The molecule has 0 radical (unpaired) electrons. The number of halogens is 1. The molecule has 0 aliphatic heterocycles. The molecule has 0 aliphatic rings. The van der Waals surface area contributed by atoms with Gasteiger partial charge in [-0.25, -0.2) is 4.98 Å². The maximum Gasteiger partial charge on any atom is 0.273 e. The summed E-state index contributed by atoms with van der Waals surface area (Å²) in [5.41, 5.74) is 0.315. The van der Waals surface area contributed by atoms with E-state index in [1.165, 1.54) is 11.1 Å². The first-order chi connectivity index (χ1) is 11.0. The van der Waals surface area contributed by atoms with Crippen molar-refractivity contribution in [3.63, 3.8) is 0 Å². The van der Waals surface area contributed by atoms with E-state index in [9.17, 15) is 4.79 Å². The summed E-state index contributed by atoms with van der Waals surface area (Å²) in [5, 5.41) is 0.636. The number of carbonyl (C=O) groups is 1. The zero-order valence-corrected chi connectivity index (χ0v) is 14.1. The lowest BCUT2D eigenvalue weighted by atomic mass is 10.3. The highest BCUT2D eigenvalue weighted by Gasteiger charge is 2.12. The molecule has 0 unspecified atom stereocenters. The monoisotopic (exact) mass is 334 g/mol. The van der Waals surface area contributed by atoms with E-state index in [-0.39, 0.29) is 5.91 Å². The fraction of sp³-hybridized carbons (Fsp3) is 0.312. The molecule has 1 heterocycles. The van der Waals surface area contributed by atoms with Crippen molar-refractivity contribution in [2.45, 2.75) is 0 Å². The third-order valence-corrected chi connectivity index (χ3v) is 3.36. The topological polar surface area (TPSA) is 58.6 Å². The molecular weight excluding hydrogens is 316 g/mol. The van der Waals surface area contributed by atoms with Gasteiger partial charge < -0.3 is 14.5 Å². The Labute approximate surface area is 140 Å². The van der Waals surface area contributed by atoms with Crippen molar-refractivity contribution in [1.29, 1.82) is 0 Å². The van der Waals surface area contributed by atoms with Gasteiger partial charge in [0.05, 0.1) is 18.9 Å². The zero-order valence-electron chi connectivity index (χ0n) is 13.4. The second kappa shape index (κ2) is 7.78. The number of hydrogen-bond acceptors (Lipinski definition) is 5. The molecule has 0 fully saturated rings. The van der Waals surface area contributed by atoms with Gasteiger partial charge >= 0.3 is 0 Å². The molecule has 2 rings (SSSR count). The second-order valence-electron chi connectivity index (χ2n) is 5.19. The molecule has 2 aromatic rings. The van der Waals surface area contributed by atoms with E-state index in [1.54, 1.807) is 32.4 Å². The van der Waals surface area contributed by atoms with Crippen molar-refractivity contribution in [3.05, 3.63) is 47.4 Å². The summed E-state index contributed by atoms with van der Waals surface area (Å²) in [7, 11) is 5.23. The quantitative estimate of drug-likeness (QED) is 0.811. The molecule has 1 amide bonds. The molecule has 122 valence electrons. The van der Waals surface area contributed by atoms with Crippen molar-refractivity contribution in [2.75, 3.05) is 39.2 Å². The summed E-state index contributed by atoms with van der Waals surface area (Å²) in [6.45, 7) is 1.06. The fourth-order valence-corrected chi connectivity index (χ4v) is 2.02. The SMILES string of the molecule is CN(C)C(=O)c1cncc(N(C)CCOc2cccc(Cl)c2)n1. The third kappa shape index (κ3) is 4.82. The second-order valence-corrected chi connectivity index (χ2v) is 5.63. The van der Waals surface area contributed by atoms with Crippen LogP contribution in [0, 0.1) is 0 Å². The van der Waals surface area contributed by atoms with Gasteiger partial charge in [-0.05, 0) is 18.2 Å². The van der Waals surface area contributed by atoms with Gasteiger partial charge in [0.25, 0.3) is 5.91 Å². The number of hydrogen-bond donors (Lipinski definition) is 0. The average Bonchev–Trinajstić information content (AvgIpc) is 2.54. The molecular formula is C16H19ClN4O2. The van der Waals surface area contributed by atoms with Gasteiger partial charge in [-0.15, -0.1) is 0 Å². The molecule has 6 nitrogen and oxygen atoms in total. The number of anilines is 1. The van der Waals surface area contributed by atoms with Crippen molar-refractivity contribution in [3.8, 4) is 5.75 Å². The van der Waals surface area contributed by atoms with Crippen LogP contribution in [-0.2, 0) is 0 Å². The van der Waals surface area contributed by atoms with Crippen LogP contribution in [0.4, 0.5) is 5.82 Å². The Balaban J connectivity index is 1.94. The van der Waals surface area contributed by atoms with E-state index < -0.39 is 0 Å². The smallest absolute Gasteiger partial charge is 0.273 e. The maximum atomic E-state index is 11.9. The summed E-state index contributed by atoms with van der Waals surface area (Å²) in [4.78, 5) is 23.7. The first-order valence-electron chi connectivity index (χ1n) is 7.10. The van der Waals surface area contributed by atoms with Crippen molar-refractivity contribution in [2.24, 2.45) is 0 Å². The largest absolute Gasteiger partial charge is 0.492 e. The molecule has 0 saturated carbocycles. The maximum absolute atomic E-state index is 11.9. The summed E-state index contributed by atoms with van der Waals surface area (Å²) in [5.74, 6) is 1.16. The van der Waals surface area contributed by atoms with Crippen LogP contribution in [0.1, 0.15) is 10.5 Å². The van der Waals surface area contributed by atoms with E-state index in [2.05, 4.69) is 9.97 Å². The van der Waals surface area contributed by atoms with Crippen LogP contribution in [0.15, 0.2) is 36.7 Å². The Bertz CT molecular complexity index is 679. The van der Waals surface area contributed by atoms with Gasteiger partial charge in [-0.2, -0.15) is 0 Å². The number of amides is 1. The Hall–Kier alpha value is -2.34. The highest BCUT2D eigenvalue weighted by Crippen LogP contribution is 2.17. The van der Waals surface area contributed by atoms with E-state index in [4.69, 9.17) is 16.3 Å². The lowest BCUT2D eigenvalue weighted by Crippen LogP contribution is -2.27. The molecule has 7 heteroatoms. The van der Waals surface area contributed by atoms with Gasteiger partial charge in [0, 0.05) is 26.2 Å². The number of carbonyl (C=O) groups excluding carboxylic acids is 1. The summed E-state index contributed by atoms with van der Waals surface area (Å²) in [6, 6.07) is 7.24. The molecule has 0 saturated heterocycles. The average molecular weight is 335 g/mol. The molecule has 0 aliphatic carbocycles. The van der Waals surface area contributed by atoms with Crippen LogP contribution < -0.4 is 9.64 Å². The number of rotatable bonds is 6. The van der Waals surface area contributed by atoms with Gasteiger partial charge in [-0.1, -0.05) is 17.7 Å². The molecule has 1 aromatic carbocycles.